The SMILES string of the molecule is Brc1ccc2c(c1)C=C[C@H](c1ccccc1)O2. The summed E-state index contributed by atoms with van der Waals surface area (Å²) in [7, 11) is 0. The van der Waals surface area contributed by atoms with Crippen LogP contribution in [0, 0.1) is 0 Å². The summed E-state index contributed by atoms with van der Waals surface area (Å²) in [5.41, 5.74) is 2.30. The third-order valence-electron chi connectivity index (χ3n) is 2.80. The van der Waals surface area contributed by atoms with Gasteiger partial charge in [-0.25, -0.2) is 0 Å². The average Bonchev–Trinajstić information content (AvgIpc) is 2.39. The molecule has 2 aromatic rings. The second-order valence-corrected chi connectivity index (χ2v) is 4.91. The van der Waals surface area contributed by atoms with Crippen molar-refractivity contribution < 1.29 is 4.74 Å². The van der Waals surface area contributed by atoms with Crippen molar-refractivity contribution in [2.45, 2.75) is 6.10 Å². The van der Waals surface area contributed by atoms with Crippen molar-refractivity contribution in [1.82, 2.24) is 0 Å². The van der Waals surface area contributed by atoms with E-state index in [0.717, 1.165) is 15.8 Å². The zero-order chi connectivity index (χ0) is 11.7. The molecule has 1 nitrogen and oxygen atoms in total. The van der Waals surface area contributed by atoms with Crippen molar-refractivity contribution in [1.29, 1.82) is 0 Å². The number of halogens is 1. The molecule has 0 bridgehead atoms. The monoisotopic (exact) mass is 286 g/mol. The smallest absolute Gasteiger partial charge is 0.142 e. The number of rotatable bonds is 1. The lowest BCUT2D eigenvalue weighted by atomic mass is 10.0. The Kier molecular flexibility index (Phi) is 2.73. The molecule has 0 saturated carbocycles. The van der Waals surface area contributed by atoms with Crippen LogP contribution in [0.25, 0.3) is 6.08 Å². The summed E-state index contributed by atoms with van der Waals surface area (Å²) in [6.07, 6.45) is 4.22. The summed E-state index contributed by atoms with van der Waals surface area (Å²) in [4.78, 5) is 0. The Morgan fingerprint density at radius 2 is 1.82 bits per heavy atom. The maximum absolute atomic E-state index is 5.97. The number of hydrogen-bond acceptors (Lipinski definition) is 1. The van der Waals surface area contributed by atoms with Gasteiger partial charge in [-0.1, -0.05) is 52.3 Å². The van der Waals surface area contributed by atoms with Crippen LogP contribution in [0.4, 0.5) is 0 Å². The number of benzene rings is 2. The molecular formula is C15H11BrO. The Morgan fingerprint density at radius 1 is 1.00 bits per heavy atom. The average molecular weight is 287 g/mol. The summed E-state index contributed by atoms with van der Waals surface area (Å²) in [6, 6.07) is 16.3. The first kappa shape index (κ1) is 10.6. The van der Waals surface area contributed by atoms with Gasteiger partial charge in [-0.2, -0.15) is 0 Å². The Balaban J connectivity index is 1.94. The number of fused-ring (bicyclic) bond motifs is 1. The minimum Gasteiger partial charge on any atom is -0.481 e. The molecule has 17 heavy (non-hydrogen) atoms. The Bertz CT molecular complexity index is 560. The van der Waals surface area contributed by atoms with Gasteiger partial charge in [0.15, 0.2) is 0 Å². The normalized spacial score (nSPS) is 17.4. The van der Waals surface area contributed by atoms with Crippen molar-refractivity contribution in [3.8, 4) is 5.75 Å². The quantitative estimate of drug-likeness (QED) is 0.745. The van der Waals surface area contributed by atoms with E-state index in [9.17, 15) is 0 Å². The molecule has 0 amide bonds. The van der Waals surface area contributed by atoms with Crippen molar-refractivity contribution in [2.75, 3.05) is 0 Å². The lowest BCUT2D eigenvalue weighted by Gasteiger charge is -2.21. The first-order chi connectivity index (χ1) is 8.33. The topological polar surface area (TPSA) is 9.23 Å². The van der Waals surface area contributed by atoms with Crippen LogP contribution in [0.3, 0.4) is 0 Å². The van der Waals surface area contributed by atoms with Crippen molar-refractivity contribution in [3.63, 3.8) is 0 Å². The molecule has 2 aromatic carbocycles. The molecule has 1 atom stereocenters. The van der Waals surface area contributed by atoms with E-state index in [1.54, 1.807) is 0 Å². The highest BCUT2D eigenvalue weighted by Gasteiger charge is 2.15. The molecule has 0 radical (unpaired) electrons. The molecule has 0 unspecified atom stereocenters. The van der Waals surface area contributed by atoms with E-state index < -0.39 is 0 Å². The minimum atomic E-state index is 0.0184. The van der Waals surface area contributed by atoms with Crippen LogP contribution < -0.4 is 4.74 Å². The fourth-order valence-electron chi connectivity index (χ4n) is 1.95. The highest BCUT2D eigenvalue weighted by atomic mass is 79.9. The third-order valence-corrected chi connectivity index (χ3v) is 3.30. The van der Waals surface area contributed by atoms with E-state index in [-0.39, 0.29) is 6.10 Å². The zero-order valence-corrected chi connectivity index (χ0v) is 10.7. The van der Waals surface area contributed by atoms with Crippen LogP contribution in [0.2, 0.25) is 0 Å². The Hall–Kier alpha value is -1.54. The molecule has 1 aliphatic heterocycles. The van der Waals surface area contributed by atoms with Gasteiger partial charge in [0.05, 0.1) is 0 Å². The number of hydrogen-bond donors (Lipinski definition) is 0. The summed E-state index contributed by atoms with van der Waals surface area (Å²) in [5, 5.41) is 0. The minimum absolute atomic E-state index is 0.0184. The lowest BCUT2D eigenvalue weighted by molar-refractivity contribution is 0.252. The van der Waals surface area contributed by atoms with Crippen molar-refractivity contribution >= 4 is 22.0 Å². The van der Waals surface area contributed by atoms with E-state index in [4.69, 9.17) is 4.74 Å². The van der Waals surface area contributed by atoms with E-state index >= 15 is 0 Å². The van der Waals surface area contributed by atoms with E-state index in [2.05, 4.69) is 46.3 Å². The molecule has 0 N–H and O–H groups in total. The van der Waals surface area contributed by atoms with E-state index in [1.807, 2.05) is 30.3 Å². The van der Waals surface area contributed by atoms with Crippen LogP contribution in [0.5, 0.6) is 5.75 Å². The summed E-state index contributed by atoms with van der Waals surface area (Å²) < 4.78 is 7.04. The van der Waals surface area contributed by atoms with E-state index in [1.165, 1.54) is 5.56 Å². The van der Waals surface area contributed by atoms with Crippen LogP contribution in [0.1, 0.15) is 17.2 Å². The molecule has 3 rings (SSSR count). The standard InChI is InChI=1S/C15H11BrO/c16-13-7-9-15-12(10-13)6-8-14(17-15)11-4-2-1-3-5-11/h1-10,14H/t14-/m1/s1. The Labute approximate surface area is 109 Å². The van der Waals surface area contributed by atoms with Gasteiger partial charge in [0.2, 0.25) is 0 Å². The lowest BCUT2D eigenvalue weighted by Crippen LogP contribution is -2.08. The summed E-state index contributed by atoms with van der Waals surface area (Å²) in [5.74, 6) is 0.935. The maximum atomic E-state index is 5.97. The second kappa shape index (κ2) is 4.38. The Morgan fingerprint density at radius 3 is 2.65 bits per heavy atom. The van der Waals surface area contributed by atoms with Gasteiger partial charge < -0.3 is 4.74 Å². The fourth-order valence-corrected chi connectivity index (χ4v) is 2.32. The highest BCUT2D eigenvalue weighted by Crippen LogP contribution is 2.33. The molecule has 0 fully saturated rings. The molecule has 0 saturated heterocycles. The largest absolute Gasteiger partial charge is 0.481 e. The van der Waals surface area contributed by atoms with Gasteiger partial charge in [-0.3, -0.25) is 0 Å². The predicted octanol–water partition coefficient (Wildman–Crippen LogP) is 4.60. The van der Waals surface area contributed by atoms with Crippen molar-refractivity contribution in [2.24, 2.45) is 0 Å². The van der Waals surface area contributed by atoms with Crippen LogP contribution in [-0.4, -0.2) is 0 Å². The maximum Gasteiger partial charge on any atom is 0.142 e. The van der Waals surface area contributed by atoms with Crippen LogP contribution in [0.15, 0.2) is 59.1 Å². The zero-order valence-electron chi connectivity index (χ0n) is 9.14. The second-order valence-electron chi connectivity index (χ2n) is 3.99. The first-order valence-electron chi connectivity index (χ1n) is 5.52. The van der Waals surface area contributed by atoms with Gasteiger partial charge in [0.1, 0.15) is 11.9 Å². The van der Waals surface area contributed by atoms with Crippen LogP contribution >= 0.6 is 15.9 Å². The van der Waals surface area contributed by atoms with Gasteiger partial charge in [0, 0.05) is 10.0 Å². The molecule has 0 spiro atoms. The van der Waals surface area contributed by atoms with Gasteiger partial charge in [0.25, 0.3) is 0 Å². The number of ether oxygens (including phenoxy) is 1. The molecule has 0 aromatic heterocycles. The van der Waals surface area contributed by atoms with Gasteiger partial charge >= 0.3 is 0 Å². The highest BCUT2D eigenvalue weighted by molar-refractivity contribution is 9.10. The van der Waals surface area contributed by atoms with Gasteiger partial charge in [-0.15, -0.1) is 0 Å². The molecule has 0 aliphatic carbocycles. The van der Waals surface area contributed by atoms with E-state index in [0.29, 0.717) is 0 Å². The van der Waals surface area contributed by atoms with Crippen molar-refractivity contribution in [3.05, 3.63) is 70.2 Å². The molecule has 1 heterocycles. The fraction of sp³-hybridized carbons (Fsp3) is 0.0667. The third kappa shape index (κ3) is 2.13. The first-order valence-corrected chi connectivity index (χ1v) is 6.31. The predicted molar refractivity (Wildman–Crippen MR) is 73.0 cm³/mol. The molecule has 1 aliphatic rings. The summed E-state index contributed by atoms with van der Waals surface area (Å²) in [6.45, 7) is 0. The summed E-state index contributed by atoms with van der Waals surface area (Å²) >= 11 is 3.46. The van der Waals surface area contributed by atoms with Gasteiger partial charge in [-0.05, 0) is 29.8 Å². The molecular weight excluding hydrogens is 276 g/mol. The molecule has 84 valence electrons. The van der Waals surface area contributed by atoms with Crippen LogP contribution in [-0.2, 0) is 0 Å². The molecule has 2 heteroatoms.